The lowest BCUT2D eigenvalue weighted by atomic mass is 10.2. The number of halogens is 1. The van der Waals surface area contributed by atoms with Crippen LogP contribution >= 0.6 is 23.1 Å². The van der Waals surface area contributed by atoms with Gasteiger partial charge < -0.3 is 9.64 Å². The number of aromatic nitrogens is 2. The highest BCUT2D eigenvalue weighted by Crippen LogP contribution is 2.40. The third-order valence-corrected chi connectivity index (χ3v) is 4.41. The van der Waals surface area contributed by atoms with Gasteiger partial charge >= 0.3 is 0 Å². The Labute approximate surface area is 110 Å². The van der Waals surface area contributed by atoms with E-state index in [1.807, 2.05) is 0 Å². The molecule has 1 saturated heterocycles. The largest absolute Gasteiger partial charge is 0.373 e. The number of hydrogen-bond acceptors (Lipinski definition) is 5. The van der Waals surface area contributed by atoms with Crippen molar-refractivity contribution in [3.05, 3.63) is 5.82 Å². The Hall–Kier alpha value is -0.390. The molecule has 1 saturated carbocycles. The lowest BCUT2D eigenvalue weighted by Crippen LogP contribution is -2.49. The topological polar surface area (TPSA) is 38.2 Å². The van der Waals surface area contributed by atoms with E-state index in [2.05, 4.69) is 21.2 Å². The molecule has 0 aromatic carbocycles. The van der Waals surface area contributed by atoms with Crippen LogP contribution in [0.5, 0.6) is 0 Å². The Bertz CT molecular complexity index is 396. The van der Waals surface area contributed by atoms with Gasteiger partial charge in [0.15, 0.2) is 0 Å². The summed E-state index contributed by atoms with van der Waals surface area (Å²) in [6, 6.07) is 0.356. The van der Waals surface area contributed by atoms with Gasteiger partial charge in [0.1, 0.15) is 5.82 Å². The zero-order valence-electron chi connectivity index (χ0n) is 9.80. The van der Waals surface area contributed by atoms with E-state index in [1.54, 1.807) is 0 Å². The molecule has 1 aromatic heterocycles. The monoisotopic (exact) mass is 273 g/mol. The summed E-state index contributed by atoms with van der Waals surface area (Å²) in [5, 5.41) is 1.03. The Morgan fingerprint density at radius 2 is 2.35 bits per heavy atom. The molecule has 0 radical (unpaired) electrons. The molecule has 2 unspecified atom stereocenters. The van der Waals surface area contributed by atoms with E-state index < -0.39 is 0 Å². The molecular weight excluding hydrogens is 258 g/mol. The quantitative estimate of drug-likeness (QED) is 0.792. The van der Waals surface area contributed by atoms with Crippen LogP contribution in [-0.4, -0.2) is 40.5 Å². The Kier molecular flexibility index (Phi) is 3.23. The number of nitrogens with zero attached hydrogens (tertiary/aromatic N) is 3. The lowest BCUT2D eigenvalue weighted by molar-refractivity contribution is 0.0364. The van der Waals surface area contributed by atoms with Crippen LogP contribution in [0.2, 0.25) is 0 Å². The van der Waals surface area contributed by atoms with Gasteiger partial charge in [0.05, 0.1) is 24.6 Å². The predicted molar refractivity (Wildman–Crippen MR) is 69.2 cm³/mol. The van der Waals surface area contributed by atoms with Crippen molar-refractivity contribution in [1.29, 1.82) is 0 Å². The molecule has 2 heterocycles. The maximum atomic E-state index is 5.86. The smallest absolute Gasteiger partial charge is 0.205 e. The van der Waals surface area contributed by atoms with Crippen molar-refractivity contribution >= 4 is 28.3 Å². The number of hydrogen-bond donors (Lipinski definition) is 0. The van der Waals surface area contributed by atoms with Crippen LogP contribution in [-0.2, 0) is 4.74 Å². The van der Waals surface area contributed by atoms with Crippen molar-refractivity contribution in [2.45, 2.75) is 37.8 Å². The molecule has 1 aliphatic carbocycles. The Morgan fingerprint density at radius 1 is 1.53 bits per heavy atom. The van der Waals surface area contributed by atoms with Crippen molar-refractivity contribution in [2.24, 2.45) is 0 Å². The molecule has 94 valence electrons. The summed E-state index contributed by atoms with van der Waals surface area (Å²) >= 11 is 7.37. The fourth-order valence-electron chi connectivity index (χ4n) is 2.03. The second-order valence-corrected chi connectivity index (χ2v) is 5.86. The van der Waals surface area contributed by atoms with Crippen LogP contribution in [0.4, 0.5) is 5.13 Å². The van der Waals surface area contributed by atoms with E-state index in [-0.39, 0.29) is 6.10 Å². The fourth-order valence-corrected chi connectivity index (χ4v) is 3.07. The number of alkyl halides is 1. The molecule has 1 aromatic rings. The first-order valence-corrected chi connectivity index (χ1v) is 7.36. The van der Waals surface area contributed by atoms with Gasteiger partial charge in [0.2, 0.25) is 5.13 Å². The van der Waals surface area contributed by atoms with Crippen molar-refractivity contribution in [2.75, 3.05) is 23.9 Å². The standard InChI is InChI=1S/C11H16ClN3OS/c1-7-6-16-9(4-12)5-15(7)11-13-10(14-17-11)8-2-3-8/h7-9H,2-6H2,1H3. The second kappa shape index (κ2) is 4.71. The predicted octanol–water partition coefficient (Wildman–Crippen LogP) is 2.25. The molecule has 6 heteroatoms. The molecular formula is C11H16ClN3OS. The van der Waals surface area contributed by atoms with E-state index in [0.29, 0.717) is 17.8 Å². The van der Waals surface area contributed by atoms with Crippen molar-refractivity contribution < 1.29 is 4.74 Å². The lowest BCUT2D eigenvalue weighted by Gasteiger charge is -2.36. The van der Waals surface area contributed by atoms with Gasteiger partial charge in [-0.15, -0.1) is 11.6 Å². The summed E-state index contributed by atoms with van der Waals surface area (Å²) in [6.07, 6.45) is 2.61. The Balaban J connectivity index is 1.75. The second-order valence-electron chi connectivity index (χ2n) is 4.82. The van der Waals surface area contributed by atoms with Crippen molar-refractivity contribution in [3.8, 4) is 0 Å². The molecule has 0 bridgehead atoms. The van der Waals surface area contributed by atoms with Gasteiger partial charge in [-0.05, 0) is 19.8 Å². The molecule has 3 rings (SSSR count). The van der Waals surface area contributed by atoms with Gasteiger partial charge in [-0.25, -0.2) is 4.98 Å². The first-order valence-electron chi connectivity index (χ1n) is 6.05. The zero-order chi connectivity index (χ0) is 11.8. The summed E-state index contributed by atoms with van der Waals surface area (Å²) in [6.45, 7) is 3.70. The number of rotatable bonds is 3. The highest BCUT2D eigenvalue weighted by Gasteiger charge is 2.31. The van der Waals surface area contributed by atoms with Crippen LogP contribution in [0.3, 0.4) is 0 Å². The number of morpholine rings is 1. The molecule has 0 spiro atoms. The van der Waals surface area contributed by atoms with E-state index in [4.69, 9.17) is 16.3 Å². The fraction of sp³-hybridized carbons (Fsp3) is 0.818. The molecule has 1 aliphatic heterocycles. The zero-order valence-corrected chi connectivity index (χ0v) is 11.4. The van der Waals surface area contributed by atoms with Gasteiger partial charge in [-0.1, -0.05) is 0 Å². The van der Waals surface area contributed by atoms with Crippen molar-refractivity contribution in [1.82, 2.24) is 9.36 Å². The summed E-state index contributed by atoms with van der Waals surface area (Å²) in [5.41, 5.74) is 0. The van der Waals surface area contributed by atoms with Crippen LogP contribution < -0.4 is 4.90 Å². The summed E-state index contributed by atoms with van der Waals surface area (Å²) in [5.74, 6) is 2.20. The van der Waals surface area contributed by atoms with E-state index in [9.17, 15) is 0 Å². The first-order chi connectivity index (χ1) is 8.28. The molecule has 17 heavy (non-hydrogen) atoms. The average Bonchev–Trinajstić information content (AvgIpc) is 3.09. The summed E-state index contributed by atoms with van der Waals surface area (Å²) < 4.78 is 10.1. The van der Waals surface area contributed by atoms with Crippen LogP contribution in [0.15, 0.2) is 0 Å². The summed E-state index contributed by atoms with van der Waals surface area (Å²) in [4.78, 5) is 6.93. The maximum absolute atomic E-state index is 5.86. The number of anilines is 1. The van der Waals surface area contributed by atoms with Gasteiger partial charge in [-0.3, -0.25) is 0 Å². The van der Waals surface area contributed by atoms with Crippen LogP contribution in [0, 0.1) is 0 Å². The van der Waals surface area contributed by atoms with E-state index in [1.165, 1.54) is 24.4 Å². The maximum Gasteiger partial charge on any atom is 0.205 e. The minimum atomic E-state index is 0.112. The van der Waals surface area contributed by atoms with Gasteiger partial charge in [0.25, 0.3) is 0 Å². The SMILES string of the molecule is CC1COC(CCl)CN1c1nc(C2CC2)ns1. The third kappa shape index (κ3) is 2.41. The molecule has 2 atom stereocenters. The normalized spacial score (nSPS) is 29.6. The Morgan fingerprint density at radius 3 is 3.06 bits per heavy atom. The minimum Gasteiger partial charge on any atom is -0.373 e. The molecule has 0 amide bonds. The third-order valence-electron chi connectivity index (χ3n) is 3.30. The average molecular weight is 274 g/mol. The van der Waals surface area contributed by atoms with Crippen molar-refractivity contribution in [3.63, 3.8) is 0 Å². The molecule has 2 fully saturated rings. The highest BCUT2D eigenvalue weighted by atomic mass is 35.5. The molecule has 0 N–H and O–H groups in total. The molecule has 2 aliphatic rings. The van der Waals surface area contributed by atoms with Crippen LogP contribution in [0.1, 0.15) is 31.5 Å². The number of ether oxygens (including phenoxy) is 1. The highest BCUT2D eigenvalue weighted by molar-refractivity contribution is 7.09. The van der Waals surface area contributed by atoms with E-state index in [0.717, 1.165) is 24.1 Å². The van der Waals surface area contributed by atoms with Gasteiger partial charge in [-0.2, -0.15) is 4.37 Å². The van der Waals surface area contributed by atoms with E-state index >= 15 is 0 Å². The first kappa shape index (κ1) is 11.7. The minimum absolute atomic E-state index is 0.112. The van der Waals surface area contributed by atoms with Gasteiger partial charge in [0, 0.05) is 24.0 Å². The molecule has 4 nitrogen and oxygen atoms in total. The summed E-state index contributed by atoms with van der Waals surface area (Å²) in [7, 11) is 0. The van der Waals surface area contributed by atoms with Crippen LogP contribution in [0.25, 0.3) is 0 Å².